The highest BCUT2D eigenvalue weighted by Crippen LogP contribution is 2.36. The number of aromatic nitrogens is 3. The van der Waals surface area contributed by atoms with E-state index in [2.05, 4.69) is 10.2 Å². The molecule has 1 aromatic heterocycles. The number of nitrogens with two attached hydrogens (primary N) is 1. The largest absolute Gasteiger partial charge is 0.482 e. The molecule has 3 aromatic rings. The van der Waals surface area contributed by atoms with Crippen LogP contribution in [0.5, 0.6) is 5.75 Å². The van der Waals surface area contributed by atoms with Gasteiger partial charge < -0.3 is 15.5 Å². The van der Waals surface area contributed by atoms with Gasteiger partial charge in [0.2, 0.25) is 11.1 Å². The molecule has 162 valence electrons. The Morgan fingerprint density at radius 1 is 1.06 bits per heavy atom. The van der Waals surface area contributed by atoms with Crippen molar-refractivity contribution in [3.63, 3.8) is 0 Å². The maximum Gasteiger partial charge on any atom is 0.240 e. The number of ether oxygens (including phenoxy) is 1. The van der Waals surface area contributed by atoms with Crippen LogP contribution in [0.3, 0.4) is 0 Å². The minimum absolute atomic E-state index is 0.0406. The number of piperidine rings is 1. The molecule has 1 atom stereocenters. The monoisotopic (exact) mass is 441 g/mol. The van der Waals surface area contributed by atoms with Crippen LogP contribution in [0.25, 0.3) is 0 Å². The van der Waals surface area contributed by atoms with Crippen LogP contribution in [0.2, 0.25) is 0 Å². The van der Waals surface area contributed by atoms with Gasteiger partial charge in [-0.1, -0.05) is 54.2 Å². The SMILES string of the molecule is Nn1c(COc2ccccc2F)nnc1S[C@H](C(=O)N1CCCCC1)c1ccccc1. The molecule has 9 heteroatoms. The van der Waals surface area contributed by atoms with E-state index in [1.54, 1.807) is 12.1 Å². The Labute approximate surface area is 184 Å². The fraction of sp³-hybridized carbons (Fsp3) is 0.318. The van der Waals surface area contributed by atoms with Gasteiger partial charge in [-0.15, -0.1) is 10.2 Å². The molecule has 1 amide bonds. The third kappa shape index (κ3) is 4.99. The standard InChI is InChI=1S/C22H24FN5O2S/c23-17-11-5-6-12-18(17)30-15-19-25-26-22(28(19)24)31-20(16-9-3-1-4-10-16)21(29)27-13-7-2-8-14-27/h1,3-6,9-12,20H,2,7-8,13-15,24H2/t20-/m0/s1. The molecule has 1 saturated heterocycles. The Kier molecular flexibility index (Phi) is 6.71. The van der Waals surface area contributed by atoms with Gasteiger partial charge in [-0.2, -0.15) is 0 Å². The Balaban J connectivity index is 1.52. The van der Waals surface area contributed by atoms with Crippen molar-refractivity contribution in [1.82, 2.24) is 19.8 Å². The fourth-order valence-electron chi connectivity index (χ4n) is 3.46. The summed E-state index contributed by atoms with van der Waals surface area (Å²) in [6.45, 7) is 1.49. The van der Waals surface area contributed by atoms with Crippen molar-refractivity contribution in [2.24, 2.45) is 0 Å². The number of benzene rings is 2. The summed E-state index contributed by atoms with van der Waals surface area (Å²) in [7, 11) is 0. The zero-order valence-electron chi connectivity index (χ0n) is 17.0. The normalized spacial score (nSPS) is 14.9. The number of rotatable bonds is 7. The summed E-state index contributed by atoms with van der Waals surface area (Å²) in [6.07, 6.45) is 3.18. The minimum Gasteiger partial charge on any atom is -0.482 e. The molecular weight excluding hydrogens is 417 g/mol. The Bertz CT molecular complexity index is 1020. The first-order valence-corrected chi connectivity index (χ1v) is 11.1. The summed E-state index contributed by atoms with van der Waals surface area (Å²) in [5.74, 6) is 6.21. The van der Waals surface area contributed by atoms with Crippen LogP contribution in [0.1, 0.15) is 35.9 Å². The molecule has 1 fully saturated rings. The van der Waals surface area contributed by atoms with Gasteiger partial charge in [-0.3, -0.25) is 4.79 Å². The lowest BCUT2D eigenvalue weighted by atomic mass is 10.1. The van der Waals surface area contributed by atoms with E-state index in [9.17, 15) is 9.18 Å². The molecule has 0 radical (unpaired) electrons. The first-order chi connectivity index (χ1) is 15.1. The minimum atomic E-state index is -0.480. The van der Waals surface area contributed by atoms with Gasteiger partial charge >= 0.3 is 0 Å². The Hall–Kier alpha value is -3.07. The number of likely N-dealkylation sites (tertiary alicyclic amines) is 1. The van der Waals surface area contributed by atoms with E-state index in [0.29, 0.717) is 11.0 Å². The van der Waals surface area contributed by atoms with Crippen molar-refractivity contribution in [2.45, 2.75) is 36.3 Å². The summed E-state index contributed by atoms with van der Waals surface area (Å²) >= 11 is 1.26. The van der Waals surface area contributed by atoms with Crippen molar-refractivity contribution >= 4 is 17.7 Å². The number of halogens is 1. The van der Waals surface area contributed by atoms with Crippen LogP contribution in [0.15, 0.2) is 59.8 Å². The second kappa shape index (κ2) is 9.82. The molecule has 2 heterocycles. The third-order valence-electron chi connectivity index (χ3n) is 5.15. The van der Waals surface area contributed by atoms with Gasteiger partial charge in [0.25, 0.3) is 0 Å². The highest BCUT2D eigenvalue weighted by molar-refractivity contribution is 8.00. The zero-order valence-corrected chi connectivity index (χ0v) is 17.8. The van der Waals surface area contributed by atoms with Gasteiger partial charge in [-0.05, 0) is 37.0 Å². The molecule has 1 aliphatic heterocycles. The molecule has 1 aliphatic rings. The number of para-hydroxylation sites is 1. The average Bonchev–Trinajstić information content (AvgIpc) is 3.16. The number of carbonyl (C=O) groups excluding carboxylic acids is 1. The van der Waals surface area contributed by atoms with Gasteiger partial charge in [0.1, 0.15) is 11.9 Å². The average molecular weight is 442 g/mol. The summed E-state index contributed by atoms with van der Waals surface area (Å²) in [6, 6.07) is 15.7. The molecule has 0 unspecified atom stereocenters. The molecular formula is C22H24FN5O2S. The van der Waals surface area contributed by atoms with Crippen LogP contribution >= 0.6 is 11.8 Å². The fourth-order valence-corrected chi connectivity index (χ4v) is 4.53. The lowest BCUT2D eigenvalue weighted by Crippen LogP contribution is -2.38. The number of nitrogen functional groups attached to an aromatic ring is 1. The molecule has 0 bridgehead atoms. The van der Waals surface area contributed by atoms with E-state index >= 15 is 0 Å². The summed E-state index contributed by atoms with van der Waals surface area (Å²) in [4.78, 5) is 15.2. The molecule has 2 aromatic carbocycles. The second-order valence-electron chi connectivity index (χ2n) is 7.28. The smallest absolute Gasteiger partial charge is 0.240 e. The van der Waals surface area contributed by atoms with Gasteiger partial charge in [0.15, 0.2) is 17.4 Å². The van der Waals surface area contributed by atoms with Crippen molar-refractivity contribution in [3.05, 3.63) is 71.8 Å². The number of carbonyl (C=O) groups is 1. The summed E-state index contributed by atoms with van der Waals surface area (Å²) in [5.41, 5.74) is 0.884. The second-order valence-corrected chi connectivity index (χ2v) is 8.35. The molecule has 0 spiro atoms. The quantitative estimate of drug-likeness (QED) is 0.446. The van der Waals surface area contributed by atoms with Crippen LogP contribution in [0, 0.1) is 5.82 Å². The number of hydrogen-bond donors (Lipinski definition) is 1. The first kappa shape index (κ1) is 21.2. The van der Waals surface area contributed by atoms with Crippen molar-refractivity contribution in [3.8, 4) is 5.75 Å². The van der Waals surface area contributed by atoms with Gasteiger partial charge in [0.05, 0.1) is 0 Å². The van der Waals surface area contributed by atoms with Crippen LogP contribution in [-0.4, -0.2) is 38.8 Å². The Morgan fingerprint density at radius 3 is 2.52 bits per heavy atom. The first-order valence-electron chi connectivity index (χ1n) is 10.2. The maximum atomic E-state index is 13.8. The van der Waals surface area contributed by atoms with E-state index in [4.69, 9.17) is 10.6 Å². The summed E-state index contributed by atoms with van der Waals surface area (Å²) < 4.78 is 20.6. The highest BCUT2D eigenvalue weighted by Gasteiger charge is 2.30. The molecule has 31 heavy (non-hydrogen) atoms. The van der Waals surface area contributed by atoms with Crippen LogP contribution < -0.4 is 10.6 Å². The van der Waals surface area contributed by atoms with Crippen LogP contribution in [0.4, 0.5) is 4.39 Å². The lowest BCUT2D eigenvalue weighted by Gasteiger charge is -2.30. The van der Waals surface area contributed by atoms with E-state index < -0.39 is 11.1 Å². The molecule has 7 nitrogen and oxygen atoms in total. The lowest BCUT2D eigenvalue weighted by molar-refractivity contribution is -0.131. The summed E-state index contributed by atoms with van der Waals surface area (Å²) in [5, 5.41) is 8.14. The maximum absolute atomic E-state index is 13.8. The number of amides is 1. The number of nitrogens with zero attached hydrogens (tertiary/aromatic N) is 4. The highest BCUT2D eigenvalue weighted by atomic mass is 32.2. The number of thioether (sulfide) groups is 1. The van der Waals surface area contributed by atoms with E-state index in [1.807, 2.05) is 35.2 Å². The van der Waals surface area contributed by atoms with Gasteiger partial charge in [-0.25, -0.2) is 9.07 Å². The number of hydrogen-bond acceptors (Lipinski definition) is 6. The molecule has 0 saturated carbocycles. The Morgan fingerprint density at radius 2 is 1.77 bits per heavy atom. The van der Waals surface area contributed by atoms with E-state index in [1.165, 1.54) is 28.6 Å². The van der Waals surface area contributed by atoms with Crippen molar-refractivity contribution in [1.29, 1.82) is 0 Å². The predicted molar refractivity (Wildman–Crippen MR) is 116 cm³/mol. The van der Waals surface area contributed by atoms with E-state index in [0.717, 1.165) is 37.9 Å². The molecule has 4 rings (SSSR count). The van der Waals surface area contributed by atoms with Crippen molar-refractivity contribution < 1.29 is 13.9 Å². The zero-order chi connectivity index (χ0) is 21.6. The molecule has 0 aliphatic carbocycles. The topological polar surface area (TPSA) is 86.3 Å². The van der Waals surface area contributed by atoms with Gasteiger partial charge in [0, 0.05) is 13.1 Å². The van der Waals surface area contributed by atoms with Crippen molar-refractivity contribution in [2.75, 3.05) is 18.9 Å². The van der Waals surface area contributed by atoms with E-state index in [-0.39, 0.29) is 18.3 Å². The third-order valence-corrected chi connectivity index (χ3v) is 6.34. The van der Waals surface area contributed by atoms with Crippen LogP contribution in [-0.2, 0) is 11.4 Å². The predicted octanol–water partition coefficient (Wildman–Crippen LogP) is 3.56. The molecule has 2 N–H and O–H groups in total.